The van der Waals surface area contributed by atoms with Crippen LogP contribution in [0.5, 0.6) is 0 Å². The van der Waals surface area contributed by atoms with Gasteiger partial charge in [0.05, 0.1) is 6.20 Å². The van der Waals surface area contributed by atoms with Crippen LogP contribution in [0.2, 0.25) is 0 Å². The third-order valence-electron chi connectivity index (χ3n) is 3.51. The van der Waals surface area contributed by atoms with Gasteiger partial charge in [-0.05, 0) is 40.2 Å². The fraction of sp³-hybridized carbons (Fsp3) is 0.733. The first-order valence-electron chi connectivity index (χ1n) is 7.80. The molecular weight excluding hydrogens is 282 g/mol. The van der Waals surface area contributed by atoms with Gasteiger partial charge in [-0.2, -0.15) is 5.10 Å². The normalized spacial score (nSPS) is 19.0. The van der Waals surface area contributed by atoms with Crippen molar-refractivity contribution in [3.8, 4) is 0 Å². The molecule has 22 heavy (non-hydrogen) atoms. The fourth-order valence-corrected chi connectivity index (χ4v) is 2.45. The predicted octanol–water partition coefficient (Wildman–Crippen LogP) is 1.61. The predicted molar refractivity (Wildman–Crippen MR) is 85.8 cm³/mol. The molecule has 7 nitrogen and oxygen atoms in total. The Morgan fingerprint density at radius 3 is 2.95 bits per heavy atom. The zero-order chi connectivity index (χ0) is 16.2. The molecule has 0 bridgehead atoms. The van der Waals surface area contributed by atoms with Gasteiger partial charge in [0, 0.05) is 31.7 Å². The van der Waals surface area contributed by atoms with Crippen LogP contribution in [-0.4, -0.2) is 40.6 Å². The quantitative estimate of drug-likeness (QED) is 0.787. The van der Waals surface area contributed by atoms with Crippen LogP contribution in [0.4, 0.5) is 10.6 Å². The molecule has 1 aliphatic rings. The second kappa shape index (κ2) is 7.11. The number of carbonyl (C=O) groups excluding carboxylic acids is 1. The lowest BCUT2D eigenvalue weighted by molar-refractivity contribution is 0.0634. The summed E-state index contributed by atoms with van der Waals surface area (Å²) in [6.07, 6.45) is 3.67. The molecule has 3 N–H and O–H groups in total. The molecule has 1 unspecified atom stereocenters. The van der Waals surface area contributed by atoms with E-state index in [4.69, 9.17) is 4.74 Å². The number of nitrogens with zero attached hydrogens (tertiary/aromatic N) is 2. The van der Waals surface area contributed by atoms with Gasteiger partial charge >= 0.3 is 6.09 Å². The van der Waals surface area contributed by atoms with Crippen LogP contribution < -0.4 is 16.0 Å². The van der Waals surface area contributed by atoms with E-state index < -0.39 is 11.7 Å². The number of amides is 1. The molecule has 0 aliphatic carbocycles. The van der Waals surface area contributed by atoms with Crippen molar-refractivity contribution < 1.29 is 9.53 Å². The first kappa shape index (κ1) is 16.8. The van der Waals surface area contributed by atoms with Crippen molar-refractivity contribution in [2.45, 2.75) is 51.8 Å². The standard InChI is InChI=1S/C15H27N5O2/c1-15(2,3)22-14(21)19-13-11(9-18-20(13)4)8-17-12-6-5-7-16-10-12/h9,12,16-17H,5-8,10H2,1-4H3,(H,19,21). The molecule has 0 aromatic carbocycles. The molecule has 2 heterocycles. The number of aromatic nitrogens is 2. The van der Waals surface area contributed by atoms with E-state index in [2.05, 4.69) is 21.0 Å². The van der Waals surface area contributed by atoms with Gasteiger partial charge in [0.25, 0.3) is 0 Å². The zero-order valence-corrected chi connectivity index (χ0v) is 13.9. The number of anilines is 1. The highest BCUT2D eigenvalue weighted by Gasteiger charge is 2.19. The number of piperidine rings is 1. The topological polar surface area (TPSA) is 80.2 Å². The van der Waals surface area contributed by atoms with Gasteiger partial charge in [0.1, 0.15) is 11.4 Å². The Labute approximate surface area is 131 Å². The van der Waals surface area contributed by atoms with Crippen molar-refractivity contribution in [3.63, 3.8) is 0 Å². The summed E-state index contributed by atoms with van der Waals surface area (Å²) in [6, 6.07) is 0.461. The monoisotopic (exact) mass is 309 g/mol. The maximum atomic E-state index is 11.9. The lowest BCUT2D eigenvalue weighted by Crippen LogP contribution is -2.42. The third-order valence-corrected chi connectivity index (χ3v) is 3.51. The smallest absolute Gasteiger partial charge is 0.413 e. The highest BCUT2D eigenvalue weighted by molar-refractivity contribution is 5.84. The SMILES string of the molecule is Cn1ncc(CNC2CCCNC2)c1NC(=O)OC(C)(C)C. The molecule has 0 spiro atoms. The summed E-state index contributed by atoms with van der Waals surface area (Å²) >= 11 is 0. The molecule has 1 aromatic heterocycles. The molecule has 1 fully saturated rings. The Kier molecular flexibility index (Phi) is 5.42. The average Bonchev–Trinajstić information content (AvgIpc) is 2.77. The maximum Gasteiger partial charge on any atom is 0.413 e. The van der Waals surface area contributed by atoms with Crippen LogP contribution >= 0.6 is 0 Å². The minimum atomic E-state index is -0.519. The number of nitrogens with one attached hydrogen (secondary N) is 3. The van der Waals surface area contributed by atoms with Gasteiger partial charge in [-0.3, -0.25) is 10.00 Å². The number of hydrogen-bond acceptors (Lipinski definition) is 5. The molecule has 1 amide bonds. The Hall–Kier alpha value is -1.60. The van der Waals surface area contributed by atoms with Crippen molar-refractivity contribution in [3.05, 3.63) is 11.8 Å². The lowest BCUT2D eigenvalue weighted by atomic mass is 10.1. The van der Waals surface area contributed by atoms with E-state index in [0.29, 0.717) is 18.4 Å². The number of hydrogen-bond donors (Lipinski definition) is 3. The van der Waals surface area contributed by atoms with E-state index in [1.165, 1.54) is 12.8 Å². The first-order valence-corrected chi connectivity index (χ1v) is 7.80. The molecule has 1 aromatic rings. The highest BCUT2D eigenvalue weighted by atomic mass is 16.6. The summed E-state index contributed by atoms with van der Waals surface area (Å²) < 4.78 is 6.95. The number of aryl methyl sites for hydroxylation is 1. The van der Waals surface area contributed by atoms with Crippen LogP contribution in [0.3, 0.4) is 0 Å². The van der Waals surface area contributed by atoms with E-state index in [1.54, 1.807) is 17.9 Å². The minimum absolute atomic E-state index is 0.461. The molecular formula is C15H27N5O2. The molecule has 124 valence electrons. The lowest BCUT2D eigenvalue weighted by Gasteiger charge is -2.24. The van der Waals surface area contributed by atoms with E-state index in [9.17, 15) is 4.79 Å². The van der Waals surface area contributed by atoms with Crippen molar-refractivity contribution in [2.75, 3.05) is 18.4 Å². The Bertz CT molecular complexity index is 501. The molecule has 2 rings (SSSR count). The van der Waals surface area contributed by atoms with Crippen molar-refractivity contribution in [2.24, 2.45) is 7.05 Å². The number of ether oxygens (including phenoxy) is 1. The van der Waals surface area contributed by atoms with Gasteiger partial charge in [0.15, 0.2) is 0 Å². The van der Waals surface area contributed by atoms with Gasteiger partial charge in [0.2, 0.25) is 0 Å². The van der Waals surface area contributed by atoms with Crippen molar-refractivity contribution >= 4 is 11.9 Å². The molecule has 7 heteroatoms. The average molecular weight is 309 g/mol. The summed E-state index contributed by atoms with van der Waals surface area (Å²) in [7, 11) is 1.80. The summed E-state index contributed by atoms with van der Waals surface area (Å²) in [5.41, 5.74) is 0.438. The second-order valence-corrected chi connectivity index (χ2v) is 6.69. The van der Waals surface area contributed by atoms with E-state index in [1.807, 2.05) is 20.8 Å². The molecule has 1 atom stereocenters. The summed E-state index contributed by atoms with van der Waals surface area (Å²) in [4.78, 5) is 11.9. The van der Waals surface area contributed by atoms with Crippen molar-refractivity contribution in [1.82, 2.24) is 20.4 Å². The molecule has 0 radical (unpaired) electrons. The second-order valence-electron chi connectivity index (χ2n) is 6.69. The molecule has 1 aliphatic heterocycles. The summed E-state index contributed by atoms with van der Waals surface area (Å²) in [6.45, 7) is 8.27. The van der Waals surface area contributed by atoms with E-state index >= 15 is 0 Å². The summed E-state index contributed by atoms with van der Waals surface area (Å²) in [5, 5.41) is 13.9. The fourth-order valence-electron chi connectivity index (χ4n) is 2.45. The molecule has 1 saturated heterocycles. The van der Waals surface area contributed by atoms with E-state index in [0.717, 1.165) is 18.7 Å². The minimum Gasteiger partial charge on any atom is -0.444 e. The van der Waals surface area contributed by atoms with E-state index in [-0.39, 0.29) is 0 Å². The Morgan fingerprint density at radius 2 is 2.32 bits per heavy atom. The van der Waals surface area contributed by atoms with Gasteiger partial charge in [-0.15, -0.1) is 0 Å². The largest absolute Gasteiger partial charge is 0.444 e. The number of carbonyl (C=O) groups is 1. The Morgan fingerprint density at radius 1 is 1.55 bits per heavy atom. The summed E-state index contributed by atoms with van der Waals surface area (Å²) in [5.74, 6) is 0.672. The molecule has 0 saturated carbocycles. The highest BCUT2D eigenvalue weighted by Crippen LogP contribution is 2.16. The maximum absolute atomic E-state index is 11.9. The zero-order valence-electron chi connectivity index (χ0n) is 13.9. The van der Waals surface area contributed by atoms with Crippen LogP contribution in [0, 0.1) is 0 Å². The van der Waals surface area contributed by atoms with Crippen LogP contribution in [0.25, 0.3) is 0 Å². The Balaban J connectivity index is 1.93. The van der Waals surface area contributed by atoms with Gasteiger partial charge < -0.3 is 15.4 Å². The van der Waals surface area contributed by atoms with Crippen LogP contribution in [-0.2, 0) is 18.3 Å². The van der Waals surface area contributed by atoms with Crippen molar-refractivity contribution in [1.29, 1.82) is 0 Å². The number of rotatable bonds is 4. The van der Waals surface area contributed by atoms with Crippen LogP contribution in [0.15, 0.2) is 6.20 Å². The first-order chi connectivity index (χ1) is 10.3. The third kappa shape index (κ3) is 4.99. The van der Waals surface area contributed by atoms with Crippen LogP contribution in [0.1, 0.15) is 39.2 Å². The van der Waals surface area contributed by atoms with Gasteiger partial charge in [-0.1, -0.05) is 0 Å². The van der Waals surface area contributed by atoms with Gasteiger partial charge in [-0.25, -0.2) is 4.79 Å².